The Kier molecular flexibility index (Phi) is 5.14. The Labute approximate surface area is 128 Å². The summed E-state index contributed by atoms with van der Waals surface area (Å²) in [6, 6.07) is 8.18. The van der Waals surface area contributed by atoms with Gasteiger partial charge in [0.15, 0.2) is 0 Å². The van der Waals surface area contributed by atoms with E-state index in [2.05, 4.69) is 0 Å². The molecule has 0 saturated carbocycles. The predicted octanol–water partition coefficient (Wildman–Crippen LogP) is 3.04. The number of likely N-dealkylation sites (N-methyl/N-ethyl adjacent to an activating group) is 1. The first-order valence-electron chi connectivity index (χ1n) is 6.91. The maximum Gasteiger partial charge on any atom is 0.335 e. The number of hydrogen-bond donors (Lipinski definition) is 1. The topological polar surface area (TPSA) is 70.8 Å². The first-order chi connectivity index (χ1) is 10.6. The number of furan rings is 1. The summed E-state index contributed by atoms with van der Waals surface area (Å²) in [6.07, 6.45) is 6.35. The number of carboxylic acids is 1. The van der Waals surface area contributed by atoms with Gasteiger partial charge >= 0.3 is 5.97 Å². The highest BCUT2D eigenvalue weighted by atomic mass is 16.4. The molecule has 1 amide bonds. The van der Waals surface area contributed by atoms with Gasteiger partial charge in [-0.05, 0) is 36.8 Å². The molecule has 22 heavy (non-hydrogen) atoms. The molecule has 0 unspecified atom stereocenters. The molecule has 0 aliphatic carbocycles. The van der Waals surface area contributed by atoms with Gasteiger partial charge in [0.25, 0.3) is 0 Å². The van der Waals surface area contributed by atoms with E-state index < -0.39 is 5.97 Å². The van der Waals surface area contributed by atoms with Crippen LogP contribution in [-0.4, -0.2) is 28.4 Å². The van der Waals surface area contributed by atoms with Crippen LogP contribution in [-0.2, 0) is 11.3 Å². The lowest BCUT2D eigenvalue weighted by molar-refractivity contribution is -0.126. The highest BCUT2D eigenvalue weighted by Crippen LogP contribution is 2.09. The molecule has 114 valence electrons. The molecule has 1 heterocycles. The van der Waals surface area contributed by atoms with Gasteiger partial charge in [-0.25, -0.2) is 4.79 Å². The molecule has 0 atom stereocenters. The highest BCUT2D eigenvalue weighted by Gasteiger charge is 2.09. The van der Waals surface area contributed by atoms with Crippen molar-refractivity contribution in [3.8, 4) is 0 Å². The van der Waals surface area contributed by atoms with Gasteiger partial charge in [-0.15, -0.1) is 0 Å². The lowest BCUT2D eigenvalue weighted by Crippen LogP contribution is -2.28. The van der Waals surface area contributed by atoms with E-state index in [4.69, 9.17) is 9.52 Å². The Morgan fingerprint density at radius 1 is 1.23 bits per heavy atom. The van der Waals surface area contributed by atoms with Crippen LogP contribution in [0.25, 0.3) is 6.08 Å². The van der Waals surface area contributed by atoms with Crippen LogP contribution < -0.4 is 0 Å². The molecule has 5 nitrogen and oxygen atoms in total. The van der Waals surface area contributed by atoms with Gasteiger partial charge < -0.3 is 14.4 Å². The number of carbonyl (C=O) groups is 2. The van der Waals surface area contributed by atoms with Crippen molar-refractivity contribution in [2.45, 2.75) is 13.5 Å². The van der Waals surface area contributed by atoms with Gasteiger partial charge in [-0.3, -0.25) is 4.79 Å². The molecule has 0 aliphatic rings. The monoisotopic (exact) mass is 299 g/mol. The molecule has 1 aromatic heterocycles. The van der Waals surface area contributed by atoms with Crippen molar-refractivity contribution in [1.29, 1.82) is 0 Å². The maximum atomic E-state index is 12.2. The fourth-order valence-corrected chi connectivity index (χ4v) is 1.96. The van der Waals surface area contributed by atoms with Crippen LogP contribution >= 0.6 is 0 Å². The first kappa shape index (κ1) is 15.6. The van der Waals surface area contributed by atoms with Crippen LogP contribution in [0.5, 0.6) is 0 Å². The van der Waals surface area contributed by atoms with E-state index in [0.29, 0.717) is 13.1 Å². The third-order valence-electron chi connectivity index (χ3n) is 3.22. The van der Waals surface area contributed by atoms with Crippen LogP contribution in [0, 0.1) is 0 Å². The summed E-state index contributed by atoms with van der Waals surface area (Å²) in [5, 5.41) is 8.83. The molecular weight excluding hydrogens is 282 g/mol. The Morgan fingerprint density at radius 2 is 1.95 bits per heavy atom. The minimum atomic E-state index is -0.969. The van der Waals surface area contributed by atoms with Crippen molar-refractivity contribution >= 4 is 18.0 Å². The number of benzene rings is 1. The maximum absolute atomic E-state index is 12.2. The number of hydrogen-bond acceptors (Lipinski definition) is 3. The summed E-state index contributed by atoms with van der Waals surface area (Å²) in [4.78, 5) is 24.6. The van der Waals surface area contributed by atoms with E-state index in [0.717, 1.165) is 11.1 Å². The van der Waals surface area contributed by atoms with Crippen LogP contribution in [0.2, 0.25) is 0 Å². The van der Waals surface area contributed by atoms with Crippen molar-refractivity contribution in [2.75, 3.05) is 6.54 Å². The van der Waals surface area contributed by atoms with Gasteiger partial charge in [-0.1, -0.05) is 12.1 Å². The fraction of sp³-hybridized carbons (Fsp3) is 0.176. The number of amides is 1. The second kappa shape index (κ2) is 7.26. The molecule has 5 heteroatoms. The normalized spacial score (nSPS) is 10.8. The highest BCUT2D eigenvalue weighted by molar-refractivity contribution is 5.92. The molecule has 2 rings (SSSR count). The van der Waals surface area contributed by atoms with Crippen LogP contribution in [0.15, 0.2) is 53.4 Å². The van der Waals surface area contributed by atoms with Gasteiger partial charge in [0.1, 0.15) is 0 Å². The zero-order valence-corrected chi connectivity index (χ0v) is 12.2. The van der Waals surface area contributed by atoms with Crippen molar-refractivity contribution < 1.29 is 19.1 Å². The van der Waals surface area contributed by atoms with Crippen LogP contribution in [0.1, 0.15) is 28.4 Å². The minimum Gasteiger partial charge on any atom is -0.478 e. The molecule has 0 saturated heterocycles. The lowest BCUT2D eigenvalue weighted by Gasteiger charge is -2.17. The SMILES string of the molecule is CCN(Cc1ccoc1)C(=O)C=Cc1ccc(C(=O)O)cc1. The second-order valence-electron chi connectivity index (χ2n) is 4.74. The molecular formula is C17H17NO4. The van der Waals surface area contributed by atoms with E-state index in [9.17, 15) is 9.59 Å². The largest absolute Gasteiger partial charge is 0.478 e. The van der Waals surface area contributed by atoms with Crippen LogP contribution in [0.4, 0.5) is 0 Å². The number of carbonyl (C=O) groups excluding carboxylic acids is 1. The molecule has 2 aromatic rings. The average Bonchev–Trinajstić information content (AvgIpc) is 3.03. The fourth-order valence-electron chi connectivity index (χ4n) is 1.96. The summed E-state index contributed by atoms with van der Waals surface area (Å²) in [5.41, 5.74) is 1.94. The van der Waals surface area contributed by atoms with E-state index in [1.54, 1.807) is 35.6 Å². The number of rotatable bonds is 6. The van der Waals surface area contributed by atoms with Crippen molar-refractivity contribution in [1.82, 2.24) is 4.90 Å². The van der Waals surface area contributed by atoms with Gasteiger partial charge in [0.2, 0.25) is 5.91 Å². The molecule has 0 bridgehead atoms. The van der Waals surface area contributed by atoms with Gasteiger partial charge in [0.05, 0.1) is 18.1 Å². The quantitative estimate of drug-likeness (QED) is 0.832. The van der Waals surface area contributed by atoms with E-state index in [1.807, 2.05) is 13.0 Å². The first-order valence-corrected chi connectivity index (χ1v) is 6.91. The number of aromatic carboxylic acids is 1. The summed E-state index contributed by atoms with van der Waals surface area (Å²) >= 11 is 0. The minimum absolute atomic E-state index is 0.106. The smallest absolute Gasteiger partial charge is 0.335 e. The number of carboxylic acid groups (broad SMARTS) is 1. The van der Waals surface area contributed by atoms with Gasteiger partial charge in [-0.2, -0.15) is 0 Å². The lowest BCUT2D eigenvalue weighted by atomic mass is 10.1. The summed E-state index contributed by atoms with van der Waals surface area (Å²) in [5.74, 6) is -1.07. The van der Waals surface area contributed by atoms with Crippen molar-refractivity contribution in [3.63, 3.8) is 0 Å². The molecule has 1 N–H and O–H groups in total. The van der Waals surface area contributed by atoms with E-state index in [-0.39, 0.29) is 11.5 Å². The number of nitrogens with zero attached hydrogens (tertiary/aromatic N) is 1. The van der Waals surface area contributed by atoms with Crippen LogP contribution in [0.3, 0.4) is 0 Å². The Balaban J connectivity index is 2.01. The Bertz CT molecular complexity index is 656. The molecule has 0 spiro atoms. The molecule has 0 aliphatic heterocycles. The third kappa shape index (κ3) is 4.09. The summed E-state index contributed by atoms with van der Waals surface area (Å²) in [6.45, 7) is 2.99. The average molecular weight is 299 g/mol. The van der Waals surface area contributed by atoms with Gasteiger partial charge in [0, 0.05) is 24.7 Å². The summed E-state index contributed by atoms with van der Waals surface area (Å²) < 4.78 is 5.00. The second-order valence-corrected chi connectivity index (χ2v) is 4.74. The van der Waals surface area contributed by atoms with E-state index >= 15 is 0 Å². The molecule has 0 radical (unpaired) electrons. The molecule has 1 aromatic carbocycles. The molecule has 0 fully saturated rings. The standard InChI is InChI=1S/C17H17NO4/c1-2-18(11-14-9-10-22-12-14)16(19)8-5-13-3-6-15(7-4-13)17(20)21/h3-10,12H,2,11H2,1H3,(H,20,21). The Morgan fingerprint density at radius 3 is 2.50 bits per heavy atom. The Hall–Kier alpha value is -2.82. The van der Waals surface area contributed by atoms with Crippen molar-refractivity contribution in [3.05, 3.63) is 65.6 Å². The third-order valence-corrected chi connectivity index (χ3v) is 3.22. The van der Waals surface area contributed by atoms with E-state index in [1.165, 1.54) is 18.2 Å². The van der Waals surface area contributed by atoms with Crippen molar-refractivity contribution in [2.24, 2.45) is 0 Å². The predicted molar refractivity (Wildman–Crippen MR) is 82.2 cm³/mol. The zero-order valence-electron chi connectivity index (χ0n) is 12.2. The zero-order chi connectivity index (χ0) is 15.9. The summed E-state index contributed by atoms with van der Waals surface area (Å²) in [7, 11) is 0.